The van der Waals surface area contributed by atoms with Crippen molar-refractivity contribution in [3.05, 3.63) is 34.6 Å². The smallest absolute Gasteiger partial charge is 0.550 e. The number of aliphatic hydroxyl groups is 12. The van der Waals surface area contributed by atoms with Gasteiger partial charge in [0.2, 0.25) is 17.3 Å². The summed E-state index contributed by atoms with van der Waals surface area (Å²) in [6, 6.07) is 0. The van der Waals surface area contributed by atoms with Gasteiger partial charge >= 0.3 is 107 Å². The SMILES string of the molecule is CCCCCCCCCCCCCCCC(=O)[O-].CCCCCCCCCCCCCCCC(=O)[O-].CCCCCCCCCCCCCCCC(=O)[O-].O=C1O[C@H]([C@@H](O)CO)C(O)=C1O.O=C1O[C@H]([C@@H](O)CO)C(O)=C1O.O=C1O[C@H]([C@@H](O)CO)C(O)=C1O.[Na+].[Na+].[Na+]. The van der Waals surface area contributed by atoms with Gasteiger partial charge < -0.3 is 105 Å². The number of ether oxygens (including phenoxy) is 3. The summed E-state index contributed by atoms with van der Waals surface area (Å²) in [5.74, 6) is -11.0. The average molecular weight is 1360 g/mol. The Morgan fingerprint density at radius 3 is 0.559 bits per heavy atom. The third-order valence-electron chi connectivity index (χ3n) is 14.9. The zero-order valence-electron chi connectivity index (χ0n) is 57.5. The molecule has 6 atom stereocenters. The molecular weight excluding hydrogens is 1250 g/mol. The number of hydrogen-bond acceptors (Lipinski definition) is 24. The fourth-order valence-corrected chi connectivity index (χ4v) is 9.33. The van der Waals surface area contributed by atoms with Crippen LogP contribution in [0.1, 0.15) is 290 Å². The zero-order chi connectivity index (χ0) is 68.3. The van der Waals surface area contributed by atoms with Crippen molar-refractivity contribution in [2.24, 2.45) is 0 Å². The first-order valence-electron chi connectivity index (χ1n) is 33.5. The minimum absolute atomic E-state index is 0. The van der Waals surface area contributed by atoms with E-state index in [1.165, 1.54) is 212 Å². The number of carbonyl (C=O) groups excluding carboxylic acids is 6. The van der Waals surface area contributed by atoms with Gasteiger partial charge in [0.25, 0.3) is 0 Å². The number of rotatable bonds is 48. The van der Waals surface area contributed by atoms with E-state index < -0.39 is 127 Å². The van der Waals surface area contributed by atoms with Gasteiger partial charge in [-0.25, -0.2) is 14.4 Å². The predicted octanol–water partition coefficient (Wildman–Crippen LogP) is -0.557. The quantitative estimate of drug-likeness (QED) is 0.0157. The van der Waals surface area contributed by atoms with Gasteiger partial charge in [0.15, 0.2) is 35.6 Å². The molecule has 0 radical (unpaired) electrons. The zero-order valence-corrected chi connectivity index (χ0v) is 63.5. The van der Waals surface area contributed by atoms with Gasteiger partial charge in [0.1, 0.15) is 18.3 Å². The maximum absolute atomic E-state index is 10.5. The molecule has 12 N–H and O–H groups in total. The van der Waals surface area contributed by atoms with E-state index in [0.29, 0.717) is 0 Å². The standard InChI is InChI=1S/3C16H32O2.3C6H8O6.3Na/c3*1-2-3-4-5-6-7-8-9-10-11-12-13-14-15-16(17)18;3*7-1-2(8)5-3(9)4(10)6(11)12-5;;;/h3*2-15H2,1H3,(H,17,18);3*2,5,7-10H,1H2;;;/q;;;;;;3*+1/p-3/t;;;3*2-,5+;;;/m...000.../s1. The first kappa shape index (κ1) is 102. The average Bonchev–Trinajstić information content (AvgIpc) is 1.83. The number of carboxylic acids is 3. The van der Waals surface area contributed by atoms with Crippen LogP contribution in [0, 0.1) is 0 Å². The molecule has 0 unspecified atom stereocenters. The van der Waals surface area contributed by atoms with Crippen molar-refractivity contribution in [1.29, 1.82) is 0 Å². The molecule has 0 saturated carbocycles. The number of cyclic esters (lactones) is 3. The third-order valence-corrected chi connectivity index (χ3v) is 14.9. The summed E-state index contributed by atoms with van der Waals surface area (Å²) in [4.78, 5) is 62.2. The van der Waals surface area contributed by atoms with Crippen LogP contribution in [0.3, 0.4) is 0 Å². The number of unbranched alkanes of at least 4 members (excludes halogenated alkanes) is 36. The predicted molar refractivity (Wildman–Crippen MR) is 332 cm³/mol. The van der Waals surface area contributed by atoms with E-state index in [2.05, 4.69) is 35.0 Å². The van der Waals surface area contributed by atoms with E-state index in [9.17, 15) is 44.1 Å². The molecule has 24 nitrogen and oxygen atoms in total. The van der Waals surface area contributed by atoms with Gasteiger partial charge in [-0.2, -0.15) is 0 Å². The van der Waals surface area contributed by atoms with Crippen LogP contribution >= 0.6 is 0 Å². The fourth-order valence-electron chi connectivity index (χ4n) is 9.33. The van der Waals surface area contributed by atoms with Crippen molar-refractivity contribution < 1.29 is 208 Å². The van der Waals surface area contributed by atoms with E-state index in [1.54, 1.807) is 0 Å². The summed E-state index contributed by atoms with van der Waals surface area (Å²) in [6.45, 7) is 4.76. The molecule has 0 aromatic carbocycles. The first-order chi connectivity index (χ1) is 43.0. The summed E-state index contributed by atoms with van der Waals surface area (Å²) in [5.41, 5.74) is 0. The molecule has 0 aromatic heterocycles. The maximum Gasteiger partial charge on any atom is 1.00 e. The molecule has 3 heterocycles. The molecule has 528 valence electrons. The van der Waals surface area contributed by atoms with Gasteiger partial charge in [0.05, 0.1) is 19.8 Å². The van der Waals surface area contributed by atoms with Crippen molar-refractivity contribution in [3.63, 3.8) is 0 Å². The van der Waals surface area contributed by atoms with Crippen molar-refractivity contribution in [3.8, 4) is 0 Å². The first-order valence-corrected chi connectivity index (χ1v) is 33.5. The molecule has 0 amide bonds. The molecule has 3 rings (SSSR count). The normalized spacial score (nSPS) is 16.2. The van der Waals surface area contributed by atoms with Crippen LogP contribution in [0.4, 0.5) is 0 Å². The molecular formula is C66H117Na3O24. The number of aliphatic hydroxyl groups excluding tert-OH is 12. The molecule has 27 heteroatoms. The Morgan fingerprint density at radius 2 is 0.452 bits per heavy atom. The van der Waals surface area contributed by atoms with Gasteiger partial charge in [-0.05, 0) is 38.5 Å². The van der Waals surface area contributed by atoms with Gasteiger partial charge in [-0.15, -0.1) is 0 Å². The molecule has 93 heavy (non-hydrogen) atoms. The summed E-state index contributed by atoms with van der Waals surface area (Å²) in [5, 5.41) is 136. The Labute approximate surface area is 620 Å². The van der Waals surface area contributed by atoms with Crippen LogP contribution in [-0.2, 0) is 43.0 Å². The van der Waals surface area contributed by atoms with E-state index >= 15 is 0 Å². The van der Waals surface area contributed by atoms with Crippen LogP contribution in [0.25, 0.3) is 0 Å². The second-order valence-electron chi connectivity index (χ2n) is 23.0. The molecule has 0 bridgehead atoms. The number of carboxylic acid groups (broad SMARTS) is 3. The van der Waals surface area contributed by atoms with E-state index in [-0.39, 0.29) is 108 Å². The Morgan fingerprint density at radius 1 is 0.312 bits per heavy atom. The van der Waals surface area contributed by atoms with Crippen molar-refractivity contribution in [2.75, 3.05) is 19.8 Å². The van der Waals surface area contributed by atoms with Crippen LogP contribution < -0.4 is 104 Å². The maximum atomic E-state index is 10.5. The number of esters is 3. The molecule has 0 saturated heterocycles. The summed E-state index contributed by atoms with van der Waals surface area (Å²) >= 11 is 0. The number of carbonyl (C=O) groups is 6. The molecule has 0 aliphatic carbocycles. The Balaban J connectivity index is -0.000000245. The molecule has 3 aliphatic rings. The fraction of sp³-hybridized carbons (Fsp3) is 0.818. The second kappa shape index (κ2) is 70.9. The molecule has 0 aromatic rings. The van der Waals surface area contributed by atoms with Gasteiger partial charge in [-0.3, -0.25) is 0 Å². The summed E-state index contributed by atoms with van der Waals surface area (Å²) in [6.07, 6.45) is 42.5. The van der Waals surface area contributed by atoms with Crippen LogP contribution in [0.15, 0.2) is 34.6 Å². The van der Waals surface area contributed by atoms with Gasteiger partial charge in [-0.1, -0.05) is 252 Å². The third kappa shape index (κ3) is 58.3. The minimum Gasteiger partial charge on any atom is -0.550 e. The minimum atomic E-state index is -1.42. The van der Waals surface area contributed by atoms with Crippen molar-refractivity contribution in [1.82, 2.24) is 0 Å². The Bertz CT molecular complexity index is 1740. The van der Waals surface area contributed by atoms with Crippen molar-refractivity contribution in [2.45, 2.75) is 327 Å². The Kier molecular flexibility index (Phi) is 77.5. The summed E-state index contributed by atoms with van der Waals surface area (Å²) < 4.78 is 12.9. The Hall–Kier alpha value is -2.40. The topological polar surface area (TPSA) is 442 Å². The molecule has 0 spiro atoms. The number of hydrogen-bond donors (Lipinski definition) is 12. The molecule has 0 fully saturated rings. The van der Waals surface area contributed by atoms with Gasteiger partial charge in [0, 0.05) is 17.9 Å². The van der Waals surface area contributed by atoms with Crippen LogP contribution in [0.5, 0.6) is 0 Å². The molecule has 3 aliphatic heterocycles. The summed E-state index contributed by atoms with van der Waals surface area (Å²) in [7, 11) is 0. The van der Waals surface area contributed by atoms with E-state index in [0.717, 1.165) is 38.5 Å². The monoisotopic (exact) mass is 1360 g/mol. The van der Waals surface area contributed by atoms with Crippen LogP contribution in [-0.4, -0.2) is 154 Å². The van der Waals surface area contributed by atoms with E-state index in [1.807, 2.05) is 0 Å². The number of aliphatic carboxylic acids is 3. The second-order valence-corrected chi connectivity index (χ2v) is 23.0. The van der Waals surface area contributed by atoms with Crippen molar-refractivity contribution >= 4 is 35.8 Å². The van der Waals surface area contributed by atoms with E-state index in [4.69, 9.17) is 61.3 Å². The largest absolute Gasteiger partial charge is 1.00 e. The van der Waals surface area contributed by atoms with Crippen LogP contribution in [0.2, 0.25) is 0 Å².